The van der Waals surface area contributed by atoms with Crippen molar-refractivity contribution < 1.29 is 19.0 Å². The second kappa shape index (κ2) is 11.0. The Morgan fingerprint density at radius 1 is 1.14 bits per heavy atom. The molecule has 0 aliphatic carbocycles. The molecule has 1 aromatic heterocycles. The maximum absolute atomic E-state index is 13.7. The zero-order chi connectivity index (χ0) is 25.8. The molecule has 2 aromatic carbocycles. The van der Waals surface area contributed by atoms with Crippen LogP contribution in [0.3, 0.4) is 0 Å². The number of carbonyl (C=O) groups excluding carboxylic acids is 1. The van der Waals surface area contributed by atoms with E-state index in [4.69, 9.17) is 19.2 Å². The molecule has 0 spiro atoms. The maximum Gasteiger partial charge on any atom is 0.338 e. The molecule has 0 radical (unpaired) electrons. The number of carbonyl (C=O) groups is 1. The molecule has 1 aliphatic heterocycles. The van der Waals surface area contributed by atoms with Gasteiger partial charge in [-0.3, -0.25) is 9.36 Å². The van der Waals surface area contributed by atoms with Gasteiger partial charge in [-0.1, -0.05) is 61.6 Å². The molecule has 2 atom stereocenters. The van der Waals surface area contributed by atoms with Crippen molar-refractivity contribution in [1.82, 2.24) is 4.57 Å². The minimum Gasteiger partial charge on any atom is -0.493 e. The normalized spacial score (nSPS) is 16.2. The first-order valence-electron chi connectivity index (χ1n) is 11.9. The number of methoxy groups -OCH3 is 2. The lowest BCUT2D eigenvalue weighted by Gasteiger charge is -2.25. The van der Waals surface area contributed by atoms with Crippen LogP contribution in [-0.4, -0.2) is 30.9 Å². The van der Waals surface area contributed by atoms with Crippen LogP contribution < -0.4 is 24.4 Å². The molecule has 8 heteroatoms. The standard InChI is InChI=1S/C28H30N2O5S/c1-6-17(3)35-21-14-13-18(15-22(21)33-4)16-23-26(31)30-25(19-11-9-8-10-12-19)24(27(32)34-5)20(7-2)29-28(30)36-23/h8-17,25H,6-7H2,1-5H3/b23-16-/t17-,25+/m0/s1. The molecular weight excluding hydrogens is 476 g/mol. The molecule has 0 fully saturated rings. The summed E-state index contributed by atoms with van der Waals surface area (Å²) in [4.78, 5) is 31.8. The fraction of sp³-hybridized carbons (Fsp3) is 0.321. The van der Waals surface area contributed by atoms with Gasteiger partial charge in [-0.05, 0) is 49.1 Å². The lowest BCUT2D eigenvalue weighted by atomic mass is 9.95. The van der Waals surface area contributed by atoms with Gasteiger partial charge in [-0.2, -0.15) is 0 Å². The van der Waals surface area contributed by atoms with Gasteiger partial charge in [0.1, 0.15) is 0 Å². The number of ether oxygens (including phenoxy) is 3. The average Bonchev–Trinajstić information content (AvgIpc) is 3.22. The molecule has 0 saturated heterocycles. The Morgan fingerprint density at radius 2 is 1.89 bits per heavy atom. The summed E-state index contributed by atoms with van der Waals surface area (Å²) < 4.78 is 18.7. The van der Waals surface area contributed by atoms with Gasteiger partial charge in [-0.25, -0.2) is 9.79 Å². The van der Waals surface area contributed by atoms with Crippen LogP contribution in [0, 0.1) is 0 Å². The molecule has 0 saturated carbocycles. The van der Waals surface area contributed by atoms with Gasteiger partial charge in [-0.15, -0.1) is 0 Å². The first-order chi connectivity index (χ1) is 17.4. The third-order valence-corrected chi connectivity index (χ3v) is 7.14. The van der Waals surface area contributed by atoms with Crippen molar-refractivity contribution >= 4 is 23.4 Å². The summed E-state index contributed by atoms with van der Waals surface area (Å²) in [6.07, 6.45) is 3.29. The summed E-state index contributed by atoms with van der Waals surface area (Å²) in [6, 6.07) is 14.5. The third kappa shape index (κ3) is 4.86. The molecule has 188 valence electrons. The Morgan fingerprint density at radius 3 is 2.53 bits per heavy atom. The first-order valence-corrected chi connectivity index (χ1v) is 12.8. The number of hydrogen-bond donors (Lipinski definition) is 0. The zero-order valence-corrected chi connectivity index (χ0v) is 21.9. The van der Waals surface area contributed by atoms with Crippen molar-refractivity contribution in [2.75, 3.05) is 14.2 Å². The van der Waals surface area contributed by atoms with Gasteiger partial charge in [0.25, 0.3) is 5.56 Å². The Labute approximate surface area is 214 Å². The molecule has 1 aliphatic rings. The van der Waals surface area contributed by atoms with Crippen molar-refractivity contribution in [2.24, 2.45) is 4.99 Å². The molecular formula is C28H30N2O5S. The van der Waals surface area contributed by atoms with Crippen LogP contribution in [0.1, 0.15) is 50.8 Å². The van der Waals surface area contributed by atoms with Crippen LogP contribution >= 0.6 is 11.3 Å². The van der Waals surface area contributed by atoms with Crippen molar-refractivity contribution in [1.29, 1.82) is 0 Å². The Kier molecular flexibility index (Phi) is 7.74. The topological polar surface area (TPSA) is 79.1 Å². The molecule has 2 heterocycles. The van der Waals surface area contributed by atoms with E-state index in [-0.39, 0.29) is 11.7 Å². The summed E-state index contributed by atoms with van der Waals surface area (Å²) in [5.41, 5.74) is 2.41. The van der Waals surface area contributed by atoms with E-state index in [0.29, 0.717) is 38.5 Å². The Hall–Kier alpha value is -3.65. The number of hydrogen-bond acceptors (Lipinski definition) is 7. The molecule has 36 heavy (non-hydrogen) atoms. The zero-order valence-electron chi connectivity index (χ0n) is 21.1. The monoisotopic (exact) mass is 506 g/mol. The summed E-state index contributed by atoms with van der Waals surface area (Å²) in [6.45, 7) is 6.00. The Bertz CT molecular complexity index is 1470. The van der Waals surface area contributed by atoms with E-state index in [1.165, 1.54) is 18.4 Å². The van der Waals surface area contributed by atoms with Gasteiger partial charge in [0.05, 0.1) is 42.2 Å². The highest BCUT2D eigenvalue weighted by Gasteiger charge is 2.33. The lowest BCUT2D eigenvalue weighted by Crippen LogP contribution is -2.40. The molecule has 0 amide bonds. The first kappa shape index (κ1) is 25.4. The molecule has 0 unspecified atom stereocenters. The molecule has 3 aromatic rings. The second-order valence-corrected chi connectivity index (χ2v) is 9.46. The number of benzene rings is 2. The van der Waals surface area contributed by atoms with Crippen LogP contribution in [0.15, 0.2) is 69.6 Å². The fourth-order valence-corrected chi connectivity index (χ4v) is 5.16. The summed E-state index contributed by atoms with van der Waals surface area (Å²) in [7, 11) is 2.94. The highest BCUT2D eigenvalue weighted by Crippen LogP contribution is 2.32. The van der Waals surface area contributed by atoms with Gasteiger partial charge in [0.2, 0.25) is 0 Å². The van der Waals surface area contributed by atoms with E-state index in [9.17, 15) is 9.59 Å². The fourth-order valence-electron chi connectivity index (χ4n) is 4.14. The van der Waals surface area contributed by atoms with Crippen LogP contribution in [0.5, 0.6) is 11.5 Å². The Balaban J connectivity index is 1.88. The maximum atomic E-state index is 13.7. The van der Waals surface area contributed by atoms with Crippen molar-refractivity contribution in [2.45, 2.75) is 45.8 Å². The average molecular weight is 507 g/mol. The molecule has 0 bridgehead atoms. The number of esters is 1. The smallest absolute Gasteiger partial charge is 0.338 e. The van der Waals surface area contributed by atoms with E-state index >= 15 is 0 Å². The van der Waals surface area contributed by atoms with E-state index in [1.807, 2.05) is 68.5 Å². The predicted molar refractivity (Wildman–Crippen MR) is 140 cm³/mol. The quantitative estimate of drug-likeness (QED) is 0.432. The molecule has 0 N–H and O–H groups in total. The van der Waals surface area contributed by atoms with Crippen LogP contribution in [-0.2, 0) is 9.53 Å². The number of allylic oxidation sites excluding steroid dienone is 1. The van der Waals surface area contributed by atoms with E-state index in [2.05, 4.69) is 6.92 Å². The van der Waals surface area contributed by atoms with Crippen LogP contribution in [0.25, 0.3) is 6.08 Å². The summed E-state index contributed by atoms with van der Waals surface area (Å²) in [5.74, 6) is 0.769. The molecule has 4 rings (SSSR count). The van der Waals surface area contributed by atoms with E-state index in [1.54, 1.807) is 11.7 Å². The van der Waals surface area contributed by atoms with Gasteiger partial charge < -0.3 is 14.2 Å². The van der Waals surface area contributed by atoms with Crippen molar-refractivity contribution in [3.8, 4) is 11.5 Å². The SMILES string of the molecule is CCC1=C(C(=O)OC)[C@@H](c2ccccc2)n2c(s/c(=C\c3ccc(O[C@@H](C)CC)c(OC)c3)c2=O)=N1. The second-order valence-electron chi connectivity index (χ2n) is 8.45. The summed E-state index contributed by atoms with van der Waals surface area (Å²) >= 11 is 1.30. The third-order valence-electron chi connectivity index (χ3n) is 6.15. The minimum absolute atomic E-state index is 0.0585. The highest BCUT2D eigenvalue weighted by molar-refractivity contribution is 7.07. The number of aromatic nitrogens is 1. The lowest BCUT2D eigenvalue weighted by molar-refractivity contribution is -0.136. The minimum atomic E-state index is -0.618. The van der Waals surface area contributed by atoms with Gasteiger partial charge >= 0.3 is 5.97 Å². The number of nitrogens with zero attached hydrogens (tertiary/aromatic N) is 2. The number of rotatable bonds is 8. The number of thiazole rings is 1. The summed E-state index contributed by atoms with van der Waals surface area (Å²) in [5, 5.41) is 0. The van der Waals surface area contributed by atoms with Crippen LogP contribution in [0.4, 0.5) is 0 Å². The van der Waals surface area contributed by atoms with Gasteiger partial charge in [0.15, 0.2) is 16.3 Å². The van der Waals surface area contributed by atoms with E-state index in [0.717, 1.165) is 17.5 Å². The van der Waals surface area contributed by atoms with E-state index < -0.39 is 12.0 Å². The van der Waals surface area contributed by atoms with Gasteiger partial charge in [0, 0.05) is 0 Å². The predicted octanol–water partition coefficient (Wildman–Crippen LogP) is 3.98. The molecule has 7 nitrogen and oxygen atoms in total. The van der Waals surface area contributed by atoms with Crippen LogP contribution in [0.2, 0.25) is 0 Å². The number of fused-ring (bicyclic) bond motifs is 1. The highest BCUT2D eigenvalue weighted by atomic mass is 32.1. The largest absolute Gasteiger partial charge is 0.493 e. The van der Waals surface area contributed by atoms with Crippen molar-refractivity contribution in [3.05, 3.63) is 90.6 Å². The van der Waals surface area contributed by atoms with Crippen molar-refractivity contribution in [3.63, 3.8) is 0 Å².